The lowest BCUT2D eigenvalue weighted by atomic mass is 9.75. The van der Waals surface area contributed by atoms with Gasteiger partial charge in [-0.2, -0.15) is 0 Å². The monoisotopic (exact) mass is 309 g/mol. The van der Waals surface area contributed by atoms with Crippen LogP contribution in [0, 0.1) is 12.8 Å². The van der Waals surface area contributed by atoms with E-state index in [1.165, 1.54) is 0 Å². The Morgan fingerprint density at radius 3 is 2.52 bits per heavy atom. The summed E-state index contributed by atoms with van der Waals surface area (Å²) in [5, 5.41) is 12.4. The van der Waals surface area contributed by atoms with E-state index in [9.17, 15) is 14.7 Å². The molecule has 1 heterocycles. The minimum Gasteiger partial charge on any atom is -0.480 e. The third-order valence-electron chi connectivity index (χ3n) is 4.45. The van der Waals surface area contributed by atoms with Gasteiger partial charge in [-0.1, -0.05) is 13.3 Å². The van der Waals surface area contributed by atoms with Crippen molar-refractivity contribution in [1.29, 1.82) is 0 Å². The summed E-state index contributed by atoms with van der Waals surface area (Å²) in [6.45, 7) is 4.13. The standard InChI is InChI=1S/C16H23NO3S/c1-3-12-6-8-16(9-7-12,15(19)20)17-14(18)10-13-5-4-11(2)21-13/h4-5,12H,3,6-10H2,1-2H3,(H,17,18)(H,19,20). The Bertz CT molecular complexity index is 515. The lowest BCUT2D eigenvalue weighted by Crippen LogP contribution is -2.56. The number of carbonyl (C=O) groups excluding carboxylic acids is 1. The quantitative estimate of drug-likeness (QED) is 0.878. The van der Waals surface area contributed by atoms with Gasteiger partial charge in [-0.05, 0) is 50.7 Å². The van der Waals surface area contributed by atoms with E-state index in [1.807, 2.05) is 19.1 Å². The van der Waals surface area contributed by atoms with Crippen LogP contribution in [0.1, 0.15) is 48.8 Å². The molecule has 2 rings (SSSR count). The van der Waals surface area contributed by atoms with Crippen LogP contribution in [0.4, 0.5) is 0 Å². The largest absolute Gasteiger partial charge is 0.480 e. The molecule has 2 N–H and O–H groups in total. The van der Waals surface area contributed by atoms with Crippen LogP contribution in [0.2, 0.25) is 0 Å². The first-order valence-electron chi connectivity index (χ1n) is 7.55. The highest BCUT2D eigenvalue weighted by atomic mass is 32.1. The van der Waals surface area contributed by atoms with Crippen LogP contribution in [-0.2, 0) is 16.0 Å². The Morgan fingerprint density at radius 2 is 2.05 bits per heavy atom. The molecule has 0 aliphatic heterocycles. The Balaban J connectivity index is 2.00. The molecule has 1 aliphatic rings. The normalized spacial score (nSPS) is 25.5. The number of hydrogen-bond donors (Lipinski definition) is 2. The molecule has 1 aromatic rings. The summed E-state index contributed by atoms with van der Waals surface area (Å²) < 4.78 is 0. The molecule has 1 amide bonds. The summed E-state index contributed by atoms with van der Waals surface area (Å²) in [7, 11) is 0. The molecular weight excluding hydrogens is 286 g/mol. The van der Waals surface area contributed by atoms with E-state index >= 15 is 0 Å². The molecule has 1 aliphatic carbocycles. The molecule has 0 atom stereocenters. The number of aliphatic carboxylic acids is 1. The van der Waals surface area contributed by atoms with Gasteiger partial charge in [0.1, 0.15) is 5.54 Å². The molecule has 0 radical (unpaired) electrons. The summed E-state index contributed by atoms with van der Waals surface area (Å²) in [5.41, 5.74) is -1.06. The SMILES string of the molecule is CCC1CCC(NC(=O)Cc2ccc(C)s2)(C(=O)O)CC1. The predicted molar refractivity (Wildman–Crippen MR) is 83.5 cm³/mol. The predicted octanol–water partition coefficient (Wildman–Crippen LogP) is 3.14. The van der Waals surface area contributed by atoms with Gasteiger partial charge in [0.25, 0.3) is 0 Å². The van der Waals surface area contributed by atoms with Gasteiger partial charge in [0.2, 0.25) is 5.91 Å². The van der Waals surface area contributed by atoms with Crippen molar-refractivity contribution in [3.05, 3.63) is 21.9 Å². The minimum atomic E-state index is -1.06. The number of amides is 1. The fourth-order valence-electron chi connectivity index (χ4n) is 3.02. The van der Waals surface area contributed by atoms with Gasteiger partial charge in [0.05, 0.1) is 6.42 Å². The van der Waals surface area contributed by atoms with E-state index in [0.29, 0.717) is 18.8 Å². The fourth-order valence-corrected chi connectivity index (χ4v) is 3.91. The van der Waals surface area contributed by atoms with E-state index in [2.05, 4.69) is 12.2 Å². The van der Waals surface area contributed by atoms with Crippen molar-refractivity contribution >= 4 is 23.2 Å². The molecule has 0 unspecified atom stereocenters. The lowest BCUT2D eigenvalue weighted by molar-refractivity contribution is -0.149. The Kier molecular flexibility index (Phi) is 5.04. The van der Waals surface area contributed by atoms with E-state index in [4.69, 9.17) is 0 Å². The summed E-state index contributed by atoms with van der Waals surface area (Å²) in [4.78, 5) is 26.0. The zero-order valence-corrected chi connectivity index (χ0v) is 13.5. The molecule has 0 saturated heterocycles. The molecule has 116 valence electrons. The van der Waals surface area contributed by atoms with E-state index in [1.54, 1.807) is 11.3 Å². The summed E-state index contributed by atoms with van der Waals surface area (Å²) in [6.07, 6.45) is 4.18. The maximum absolute atomic E-state index is 12.2. The molecule has 4 nitrogen and oxygen atoms in total. The van der Waals surface area contributed by atoms with E-state index < -0.39 is 11.5 Å². The topological polar surface area (TPSA) is 66.4 Å². The van der Waals surface area contributed by atoms with Crippen LogP contribution in [0.25, 0.3) is 0 Å². The first kappa shape index (κ1) is 16.0. The number of carboxylic acids is 1. The molecular formula is C16H23NO3S. The maximum atomic E-state index is 12.2. The van der Waals surface area contributed by atoms with Crippen molar-refractivity contribution in [2.45, 2.75) is 57.9 Å². The summed E-state index contributed by atoms with van der Waals surface area (Å²) in [6, 6.07) is 3.91. The van der Waals surface area contributed by atoms with Crippen LogP contribution < -0.4 is 5.32 Å². The fraction of sp³-hybridized carbons (Fsp3) is 0.625. The molecule has 0 aromatic carbocycles. The first-order valence-corrected chi connectivity index (χ1v) is 8.36. The smallest absolute Gasteiger partial charge is 0.329 e. The highest BCUT2D eigenvalue weighted by Gasteiger charge is 2.42. The number of carboxylic acid groups (broad SMARTS) is 1. The number of carbonyl (C=O) groups is 2. The van der Waals surface area contributed by atoms with Gasteiger partial charge < -0.3 is 10.4 Å². The van der Waals surface area contributed by atoms with Gasteiger partial charge in [-0.25, -0.2) is 4.79 Å². The van der Waals surface area contributed by atoms with E-state index in [-0.39, 0.29) is 12.3 Å². The first-order chi connectivity index (χ1) is 9.95. The second-order valence-electron chi connectivity index (χ2n) is 5.98. The lowest BCUT2D eigenvalue weighted by Gasteiger charge is -2.37. The number of aryl methyl sites for hydroxylation is 1. The Hall–Kier alpha value is -1.36. The molecule has 1 aromatic heterocycles. The van der Waals surface area contributed by atoms with Gasteiger partial charge in [-0.15, -0.1) is 11.3 Å². The van der Waals surface area contributed by atoms with Crippen molar-refractivity contribution in [1.82, 2.24) is 5.32 Å². The third kappa shape index (κ3) is 3.84. The second-order valence-corrected chi connectivity index (χ2v) is 7.35. The number of thiophene rings is 1. The van der Waals surface area contributed by atoms with Crippen LogP contribution in [-0.4, -0.2) is 22.5 Å². The van der Waals surface area contributed by atoms with Crippen LogP contribution >= 0.6 is 11.3 Å². The zero-order valence-electron chi connectivity index (χ0n) is 12.6. The van der Waals surface area contributed by atoms with Crippen LogP contribution in [0.5, 0.6) is 0 Å². The van der Waals surface area contributed by atoms with Crippen molar-refractivity contribution < 1.29 is 14.7 Å². The highest BCUT2D eigenvalue weighted by Crippen LogP contribution is 2.34. The van der Waals surface area contributed by atoms with Crippen LogP contribution in [0.3, 0.4) is 0 Å². The molecule has 1 fully saturated rings. The highest BCUT2D eigenvalue weighted by molar-refractivity contribution is 7.12. The van der Waals surface area contributed by atoms with E-state index in [0.717, 1.165) is 29.0 Å². The second kappa shape index (κ2) is 6.60. The summed E-state index contributed by atoms with van der Waals surface area (Å²) >= 11 is 1.58. The zero-order chi connectivity index (χ0) is 15.5. The van der Waals surface area contributed by atoms with Gasteiger partial charge in [0, 0.05) is 9.75 Å². The maximum Gasteiger partial charge on any atom is 0.329 e. The minimum absolute atomic E-state index is 0.186. The van der Waals surface area contributed by atoms with Crippen molar-refractivity contribution in [3.8, 4) is 0 Å². The third-order valence-corrected chi connectivity index (χ3v) is 5.46. The molecule has 0 spiro atoms. The summed E-state index contributed by atoms with van der Waals surface area (Å²) in [5.74, 6) is -0.490. The van der Waals surface area contributed by atoms with Crippen LogP contribution in [0.15, 0.2) is 12.1 Å². The number of rotatable bonds is 5. The Labute approximate surface area is 129 Å². The average Bonchev–Trinajstić information content (AvgIpc) is 2.84. The number of hydrogen-bond acceptors (Lipinski definition) is 3. The van der Waals surface area contributed by atoms with Gasteiger partial charge in [0.15, 0.2) is 0 Å². The Morgan fingerprint density at radius 1 is 1.38 bits per heavy atom. The van der Waals surface area contributed by atoms with Crippen molar-refractivity contribution in [3.63, 3.8) is 0 Å². The van der Waals surface area contributed by atoms with Gasteiger partial charge in [-0.3, -0.25) is 4.79 Å². The average molecular weight is 309 g/mol. The van der Waals surface area contributed by atoms with Crippen molar-refractivity contribution in [2.75, 3.05) is 0 Å². The van der Waals surface area contributed by atoms with Gasteiger partial charge >= 0.3 is 5.97 Å². The number of nitrogens with one attached hydrogen (secondary N) is 1. The molecule has 5 heteroatoms. The molecule has 21 heavy (non-hydrogen) atoms. The molecule has 0 bridgehead atoms. The van der Waals surface area contributed by atoms with Crippen molar-refractivity contribution in [2.24, 2.45) is 5.92 Å². The molecule has 1 saturated carbocycles.